The van der Waals surface area contributed by atoms with E-state index in [2.05, 4.69) is 41.5 Å². The number of ether oxygens (including phenoxy) is 10. The third-order valence-corrected chi connectivity index (χ3v) is 10.9. The van der Waals surface area contributed by atoms with Crippen LogP contribution >= 0.6 is 24.0 Å². The van der Waals surface area contributed by atoms with E-state index >= 15 is 0 Å². The van der Waals surface area contributed by atoms with E-state index in [9.17, 15) is 0 Å². The van der Waals surface area contributed by atoms with E-state index < -0.39 is 42.9 Å². The van der Waals surface area contributed by atoms with Gasteiger partial charge in [0, 0.05) is 39.6 Å². The van der Waals surface area contributed by atoms with Crippen LogP contribution in [0.4, 0.5) is 0 Å². The zero-order valence-corrected chi connectivity index (χ0v) is 34.5. The highest BCUT2D eigenvalue weighted by molar-refractivity contribution is 8.22. The summed E-state index contributed by atoms with van der Waals surface area (Å²) in [7, 11) is 0. The first-order valence-electron chi connectivity index (χ1n) is 20.3. The van der Waals surface area contributed by atoms with Crippen molar-refractivity contribution >= 4 is 28.4 Å². The Balaban J connectivity index is 2.16. The first-order chi connectivity index (χ1) is 25.0. The second kappa shape index (κ2) is 26.6. The van der Waals surface area contributed by atoms with Crippen LogP contribution in [-0.2, 0) is 47.4 Å². The number of hydrogen-bond donors (Lipinski definition) is 0. The molecule has 0 N–H and O–H groups in total. The van der Waals surface area contributed by atoms with E-state index in [-0.39, 0.29) is 24.2 Å². The van der Waals surface area contributed by atoms with Crippen LogP contribution in [0.5, 0.6) is 0 Å². The second-order valence-electron chi connectivity index (χ2n) is 14.0. The van der Waals surface area contributed by atoms with Crippen LogP contribution in [0.15, 0.2) is 0 Å². The van der Waals surface area contributed by atoms with Gasteiger partial charge in [0.2, 0.25) is 4.38 Å². The van der Waals surface area contributed by atoms with Gasteiger partial charge >= 0.3 is 0 Å². The van der Waals surface area contributed by atoms with Gasteiger partial charge in [0.1, 0.15) is 48.8 Å². The lowest BCUT2D eigenvalue weighted by atomic mass is 9.79. The molecule has 3 aliphatic heterocycles. The topological polar surface area (TPSA) is 92.3 Å². The van der Waals surface area contributed by atoms with Crippen LogP contribution in [0.1, 0.15) is 119 Å². The maximum atomic E-state index is 7.25. The normalized spacial score (nSPS) is 31.2. The number of fused-ring (bicyclic) bond motifs is 2. The highest BCUT2D eigenvalue weighted by Gasteiger charge is 2.60. The van der Waals surface area contributed by atoms with Crippen molar-refractivity contribution in [3.8, 4) is 0 Å². The monoisotopic (exact) mass is 764 g/mol. The maximum Gasteiger partial charge on any atom is 0.220 e. The lowest BCUT2D eigenvalue weighted by molar-refractivity contribution is -0.302. The molecule has 1 unspecified atom stereocenters. The molecule has 51 heavy (non-hydrogen) atoms. The molecule has 3 aliphatic rings. The molecule has 0 aromatic heterocycles. The van der Waals surface area contributed by atoms with Crippen molar-refractivity contribution in [2.24, 2.45) is 5.92 Å². The molecule has 0 aromatic carbocycles. The first-order valence-corrected chi connectivity index (χ1v) is 21.9. The van der Waals surface area contributed by atoms with Crippen molar-refractivity contribution in [2.75, 3.05) is 59.1 Å². The molecule has 0 radical (unpaired) electrons. The summed E-state index contributed by atoms with van der Waals surface area (Å²) in [5.41, 5.74) is 0. The SMILES string of the molecule is CCCCOC[C@H]1O[C@H](C(OC(=S)SC)[C@@H]2[C@H](OCCCC)[C@@H]3OC[C@H](O3)[C@H]2OCCCC)[C@@H](OCCCC)[C@@H](OCCCC)[C@@H]1OCCCC. The molecule has 0 spiro atoms. The van der Waals surface area contributed by atoms with Crippen molar-refractivity contribution in [3.05, 3.63) is 0 Å². The van der Waals surface area contributed by atoms with Gasteiger partial charge in [-0.3, -0.25) is 0 Å². The predicted molar refractivity (Wildman–Crippen MR) is 207 cm³/mol. The number of thiocarbonyl (C=S) groups is 1. The molecule has 3 rings (SSSR count). The van der Waals surface area contributed by atoms with Crippen LogP contribution in [0.25, 0.3) is 0 Å². The zero-order chi connectivity index (χ0) is 36.8. The largest absolute Gasteiger partial charge is 0.472 e. The molecular formula is C39H72O10S2. The third-order valence-electron chi connectivity index (χ3n) is 9.86. The van der Waals surface area contributed by atoms with Crippen molar-refractivity contribution in [2.45, 2.75) is 180 Å². The maximum absolute atomic E-state index is 7.25. The first kappa shape index (κ1) is 45.3. The molecule has 2 bridgehead atoms. The van der Waals surface area contributed by atoms with Gasteiger partial charge in [0.25, 0.3) is 0 Å². The summed E-state index contributed by atoms with van der Waals surface area (Å²) in [5.74, 6) is -0.326. The van der Waals surface area contributed by atoms with Gasteiger partial charge in [-0.05, 0) is 57.0 Å². The van der Waals surface area contributed by atoms with Crippen LogP contribution in [0.3, 0.4) is 0 Å². The second-order valence-corrected chi connectivity index (χ2v) is 15.4. The van der Waals surface area contributed by atoms with Crippen molar-refractivity contribution in [1.82, 2.24) is 0 Å². The van der Waals surface area contributed by atoms with Crippen LogP contribution < -0.4 is 0 Å². The van der Waals surface area contributed by atoms with Crippen molar-refractivity contribution in [1.29, 1.82) is 0 Å². The molecular weight excluding hydrogens is 693 g/mol. The minimum Gasteiger partial charge on any atom is -0.472 e. The smallest absolute Gasteiger partial charge is 0.220 e. The summed E-state index contributed by atoms with van der Waals surface area (Å²) in [6.07, 6.45) is 9.10. The Bertz CT molecular complexity index is 878. The Morgan fingerprint density at radius 2 is 1.12 bits per heavy atom. The molecule has 0 aromatic rings. The molecule has 300 valence electrons. The fraction of sp³-hybridized carbons (Fsp3) is 0.974. The van der Waals surface area contributed by atoms with Crippen LogP contribution in [0, 0.1) is 5.92 Å². The van der Waals surface area contributed by atoms with E-state index in [1.54, 1.807) is 0 Å². The Hall–Kier alpha value is -0.120. The lowest BCUT2D eigenvalue weighted by Crippen LogP contribution is -2.68. The Kier molecular flexibility index (Phi) is 23.7. The lowest BCUT2D eigenvalue weighted by Gasteiger charge is -2.51. The summed E-state index contributed by atoms with van der Waals surface area (Å²) >= 11 is 7.24. The van der Waals surface area contributed by atoms with Crippen molar-refractivity contribution < 1.29 is 47.4 Å². The molecule has 11 atom stereocenters. The van der Waals surface area contributed by atoms with Gasteiger partial charge in [-0.1, -0.05) is 91.8 Å². The summed E-state index contributed by atoms with van der Waals surface area (Å²) < 4.78 is 67.4. The van der Waals surface area contributed by atoms with Crippen LogP contribution in [0.2, 0.25) is 0 Å². The minimum absolute atomic E-state index is 0.269. The third kappa shape index (κ3) is 14.2. The summed E-state index contributed by atoms with van der Waals surface area (Å²) in [6.45, 7) is 17.4. The molecule has 3 saturated heterocycles. The summed E-state index contributed by atoms with van der Waals surface area (Å²) in [6, 6.07) is 0. The quantitative estimate of drug-likeness (QED) is 0.0573. The summed E-state index contributed by atoms with van der Waals surface area (Å²) in [5, 5.41) is 0. The van der Waals surface area contributed by atoms with Gasteiger partial charge < -0.3 is 47.4 Å². The molecule has 3 fully saturated rings. The Morgan fingerprint density at radius 1 is 0.627 bits per heavy atom. The number of rotatable bonds is 28. The Labute approximate surface area is 319 Å². The molecule has 0 saturated carbocycles. The van der Waals surface area contributed by atoms with Gasteiger partial charge in [-0.2, -0.15) is 0 Å². The van der Waals surface area contributed by atoms with Gasteiger partial charge in [0.05, 0.1) is 25.2 Å². The highest BCUT2D eigenvalue weighted by Crippen LogP contribution is 2.43. The molecule has 12 heteroatoms. The van der Waals surface area contributed by atoms with Crippen LogP contribution in [-0.4, -0.2) is 125 Å². The van der Waals surface area contributed by atoms with Gasteiger partial charge in [-0.25, -0.2) is 0 Å². The van der Waals surface area contributed by atoms with Crippen molar-refractivity contribution in [3.63, 3.8) is 0 Å². The fourth-order valence-electron chi connectivity index (χ4n) is 6.89. The summed E-state index contributed by atoms with van der Waals surface area (Å²) in [4.78, 5) is 0. The zero-order valence-electron chi connectivity index (χ0n) is 32.9. The fourth-order valence-corrected chi connectivity index (χ4v) is 7.21. The molecule has 0 amide bonds. The number of thioether (sulfide) groups is 1. The standard InChI is InChI=1S/C39H72O10S2/c1-8-14-20-40-26-28-32(42-22-16-10-3)35(44-24-18-12-5)36(45-25-19-13-6)37(47-28)33(49-39(50)51-7)30-31(41-21-15-9-2)29-27-46-38(48-29)34(30)43-23-17-11-4/h28-38H,8-27H2,1-7H3/t28-,29+,30-,31-,32-,33?,34+,35+,36+,37-,38-/m1/s1. The van der Waals surface area contributed by atoms with E-state index in [1.807, 2.05) is 6.26 Å². The molecule has 0 aliphatic carbocycles. The van der Waals surface area contributed by atoms with E-state index in [0.717, 1.165) is 77.0 Å². The predicted octanol–water partition coefficient (Wildman–Crippen LogP) is 7.90. The highest BCUT2D eigenvalue weighted by atomic mass is 32.2. The van der Waals surface area contributed by atoms with E-state index in [4.69, 9.17) is 59.6 Å². The number of unbranched alkanes of at least 4 members (excludes halogenated alkanes) is 6. The average Bonchev–Trinajstić information content (AvgIpc) is 3.57. The Morgan fingerprint density at radius 3 is 1.67 bits per heavy atom. The minimum atomic E-state index is -0.613. The molecule has 10 nitrogen and oxygen atoms in total. The van der Waals surface area contributed by atoms with E-state index in [0.29, 0.717) is 57.2 Å². The van der Waals surface area contributed by atoms with Gasteiger partial charge in [0.15, 0.2) is 6.29 Å². The van der Waals surface area contributed by atoms with E-state index in [1.165, 1.54) is 11.8 Å². The molecule has 3 heterocycles. The average molecular weight is 765 g/mol. The van der Waals surface area contributed by atoms with Gasteiger partial charge in [-0.15, -0.1) is 0 Å². The number of hydrogen-bond acceptors (Lipinski definition) is 12.